The van der Waals surface area contributed by atoms with E-state index >= 15 is 0 Å². The molecule has 2 atom stereocenters. The van der Waals surface area contributed by atoms with Crippen molar-refractivity contribution in [2.45, 2.75) is 24.7 Å². The second kappa shape index (κ2) is 4.90. The maximum absolute atomic E-state index is 12.0. The molecular weight excluding hydrogens is 248 g/mol. The number of rotatable bonds is 3. The Hall–Kier alpha value is -1.06. The normalized spacial score (nSPS) is 27.5. The van der Waals surface area contributed by atoms with E-state index in [-0.39, 0.29) is 29.6 Å². The zero-order chi connectivity index (χ0) is 11.9. The van der Waals surface area contributed by atoms with E-state index in [0.29, 0.717) is 13.1 Å². The minimum absolute atomic E-state index is 0. The molecule has 0 aliphatic heterocycles. The number of benzene rings is 1. The molecule has 0 radical (unpaired) electrons. The molecule has 2 aliphatic rings. The molecule has 1 aromatic carbocycles. The molecule has 1 amide bonds. The van der Waals surface area contributed by atoms with Crippen LogP contribution in [0.5, 0.6) is 0 Å². The van der Waals surface area contributed by atoms with Gasteiger partial charge in [0.25, 0.3) is 0 Å². The topological polar surface area (TPSA) is 55.1 Å². The number of carbonyl (C=O) groups excluding carboxylic acids is 1. The van der Waals surface area contributed by atoms with Crippen molar-refractivity contribution in [1.29, 1.82) is 0 Å². The van der Waals surface area contributed by atoms with Gasteiger partial charge in [0.05, 0.1) is 0 Å². The fourth-order valence-electron chi connectivity index (χ4n) is 3.26. The largest absolute Gasteiger partial charge is 0.355 e. The molecule has 4 heteroatoms. The van der Waals surface area contributed by atoms with Crippen LogP contribution < -0.4 is 11.1 Å². The molecule has 1 saturated carbocycles. The van der Waals surface area contributed by atoms with E-state index in [1.54, 1.807) is 0 Å². The highest BCUT2D eigenvalue weighted by Crippen LogP contribution is 2.61. The molecule has 2 unspecified atom stereocenters. The number of fused-ring (bicyclic) bond motifs is 2. The van der Waals surface area contributed by atoms with Crippen molar-refractivity contribution in [1.82, 2.24) is 5.32 Å². The Kier molecular flexibility index (Phi) is 3.64. The number of hydrogen-bond donors (Lipinski definition) is 2. The van der Waals surface area contributed by atoms with Gasteiger partial charge in [-0.1, -0.05) is 24.3 Å². The highest BCUT2D eigenvalue weighted by molar-refractivity contribution is 5.85. The van der Waals surface area contributed by atoms with Crippen LogP contribution in [0, 0.1) is 5.92 Å². The quantitative estimate of drug-likeness (QED) is 0.869. The van der Waals surface area contributed by atoms with E-state index in [0.717, 1.165) is 19.3 Å². The summed E-state index contributed by atoms with van der Waals surface area (Å²) >= 11 is 0. The van der Waals surface area contributed by atoms with Crippen LogP contribution in [-0.2, 0) is 16.6 Å². The molecule has 3 nitrogen and oxygen atoms in total. The molecule has 0 bridgehead atoms. The summed E-state index contributed by atoms with van der Waals surface area (Å²) in [6.45, 7) is 1.11. The van der Waals surface area contributed by atoms with Crippen LogP contribution in [0.4, 0.5) is 0 Å². The highest BCUT2D eigenvalue weighted by atomic mass is 35.5. The van der Waals surface area contributed by atoms with E-state index in [9.17, 15) is 4.79 Å². The van der Waals surface area contributed by atoms with Crippen LogP contribution in [0.25, 0.3) is 0 Å². The third-order valence-electron chi connectivity index (χ3n) is 4.23. The van der Waals surface area contributed by atoms with Crippen molar-refractivity contribution in [3.8, 4) is 0 Å². The number of carbonyl (C=O) groups is 1. The van der Waals surface area contributed by atoms with E-state index in [1.807, 2.05) is 0 Å². The molecular formula is C14H19ClN2O. The van der Waals surface area contributed by atoms with Gasteiger partial charge in [0, 0.05) is 24.4 Å². The predicted octanol–water partition coefficient (Wildman–Crippen LogP) is 1.39. The van der Waals surface area contributed by atoms with E-state index < -0.39 is 0 Å². The lowest BCUT2D eigenvalue weighted by Crippen LogP contribution is -2.32. The lowest BCUT2D eigenvalue weighted by atomic mass is 9.95. The van der Waals surface area contributed by atoms with Crippen molar-refractivity contribution < 1.29 is 4.79 Å². The van der Waals surface area contributed by atoms with Gasteiger partial charge in [-0.05, 0) is 30.4 Å². The van der Waals surface area contributed by atoms with E-state index in [2.05, 4.69) is 29.6 Å². The summed E-state index contributed by atoms with van der Waals surface area (Å²) in [7, 11) is 0. The first-order chi connectivity index (χ1) is 8.28. The van der Waals surface area contributed by atoms with Gasteiger partial charge in [-0.15, -0.1) is 12.4 Å². The van der Waals surface area contributed by atoms with Crippen molar-refractivity contribution in [3.05, 3.63) is 35.4 Å². The summed E-state index contributed by atoms with van der Waals surface area (Å²) in [6, 6.07) is 8.55. The maximum atomic E-state index is 12.0. The molecule has 1 fully saturated rings. The third kappa shape index (κ3) is 1.91. The molecule has 3 N–H and O–H groups in total. The summed E-state index contributed by atoms with van der Waals surface area (Å²) in [6.07, 6.45) is 3.27. The van der Waals surface area contributed by atoms with Crippen LogP contribution >= 0.6 is 12.4 Å². The SMILES string of the molecule is Cl.NCCNC(=O)C1CC12CCc1ccccc12. The van der Waals surface area contributed by atoms with Crippen LogP contribution in [0.1, 0.15) is 24.0 Å². The van der Waals surface area contributed by atoms with Crippen molar-refractivity contribution in [2.75, 3.05) is 13.1 Å². The van der Waals surface area contributed by atoms with Gasteiger partial charge in [-0.3, -0.25) is 4.79 Å². The van der Waals surface area contributed by atoms with Gasteiger partial charge < -0.3 is 11.1 Å². The fraction of sp³-hybridized carbons (Fsp3) is 0.500. The summed E-state index contributed by atoms with van der Waals surface area (Å²) < 4.78 is 0. The second-order valence-corrected chi connectivity index (χ2v) is 5.15. The molecule has 0 aromatic heterocycles. The lowest BCUT2D eigenvalue weighted by molar-refractivity contribution is -0.122. The molecule has 3 rings (SSSR count). The molecule has 1 spiro atoms. The maximum Gasteiger partial charge on any atom is 0.224 e. The van der Waals surface area contributed by atoms with Gasteiger partial charge in [-0.25, -0.2) is 0 Å². The molecule has 2 aliphatic carbocycles. The summed E-state index contributed by atoms with van der Waals surface area (Å²) in [5.74, 6) is 0.366. The minimum Gasteiger partial charge on any atom is -0.355 e. The average molecular weight is 267 g/mol. The number of aryl methyl sites for hydroxylation is 1. The lowest BCUT2D eigenvalue weighted by Gasteiger charge is -2.11. The van der Waals surface area contributed by atoms with Gasteiger partial charge in [0.2, 0.25) is 5.91 Å². The Morgan fingerprint density at radius 2 is 2.22 bits per heavy atom. The minimum atomic E-state index is 0. The summed E-state index contributed by atoms with van der Waals surface area (Å²) in [5, 5.41) is 2.91. The first kappa shape index (κ1) is 13.4. The van der Waals surface area contributed by atoms with Gasteiger partial charge >= 0.3 is 0 Å². The Morgan fingerprint density at radius 1 is 1.44 bits per heavy atom. The Balaban J connectivity index is 0.00000120. The zero-order valence-corrected chi connectivity index (χ0v) is 11.1. The monoisotopic (exact) mass is 266 g/mol. The molecule has 18 heavy (non-hydrogen) atoms. The zero-order valence-electron chi connectivity index (χ0n) is 10.3. The summed E-state index contributed by atoms with van der Waals surface area (Å²) in [5.41, 5.74) is 8.41. The number of nitrogens with two attached hydrogens (primary N) is 1. The first-order valence-corrected chi connectivity index (χ1v) is 6.34. The van der Waals surface area contributed by atoms with Gasteiger partial charge in [0.15, 0.2) is 0 Å². The van der Waals surface area contributed by atoms with Crippen LogP contribution in [0.2, 0.25) is 0 Å². The third-order valence-corrected chi connectivity index (χ3v) is 4.23. The summed E-state index contributed by atoms with van der Waals surface area (Å²) in [4.78, 5) is 12.0. The standard InChI is InChI=1S/C14H18N2O.ClH/c15-7-8-16-13(17)12-9-14(12)6-5-10-3-1-2-4-11(10)14;/h1-4,12H,5-9,15H2,(H,16,17);1H. The molecule has 1 aromatic rings. The second-order valence-electron chi connectivity index (χ2n) is 5.15. The smallest absolute Gasteiger partial charge is 0.224 e. The number of halogens is 1. The van der Waals surface area contributed by atoms with Crippen molar-refractivity contribution in [2.24, 2.45) is 11.7 Å². The van der Waals surface area contributed by atoms with Crippen molar-refractivity contribution >= 4 is 18.3 Å². The van der Waals surface area contributed by atoms with Crippen LogP contribution in [0.3, 0.4) is 0 Å². The van der Waals surface area contributed by atoms with Crippen LogP contribution in [0.15, 0.2) is 24.3 Å². The number of amides is 1. The van der Waals surface area contributed by atoms with Crippen LogP contribution in [-0.4, -0.2) is 19.0 Å². The van der Waals surface area contributed by atoms with Gasteiger partial charge in [0.1, 0.15) is 0 Å². The number of hydrogen-bond acceptors (Lipinski definition) is 2. The Morgan fingerprint density at radius 3 is 3.00 bits per heavy atom. The molecule has 0 heterocycles. The first-order valence-electron chi connectivity index (χ1n) is 6.34. The highest BCUT2D eigenvalue weighted by Gasteiger charge is 2.61. The fourth-order valence-corrected chi connectivity index (χ4v) is 3.26. The molecule has 0 saturated heterocycles. The predicted molar refractivity (Wildman–Crippen MR) is 73.9 cm³/mol. The number of nitrogens with one attached hydrogen (secondary N) is 1. The Bertz CT molecular complexity index is 463. The average Bonchev–Trinajstić information content (AvgIpc) is 2.98. The van der Waals surface area contributed by atoms with E-state index in [4.69, 9.17) is 5.73 Å². The van der Waals surface area contributed by atoms with E-state index in [1.165, 1.54) is 11.1 Å². The van der Waals surface area contributed by atoms with Crippen molar-refractivity contribution in [3.63, 3.8) is 0 Å². The Labute approximate surface area is 114 Å². The van der Waals surface area contributed by atoms with Gasteiger partial charge in [-0.2, -0.15) is 0 Å². The molecule has 98 valence electrons.